The number of carbonyl (C=O) groups excluding carboxylic acids is 1. The SMILES string of the molecule is CCOC(=O)c1ccc(/C(C)=C(/C#Cc2ccc(C)cc2)c2ccc(C)cc2)cc1. The Bertz CT molecular complexity index is 1100. The molecule has 30 heavy (non-hydrogen) atoms. The minimum Gasteiger partial charge on any atom is -0.462 e. The number of allylic oxidation sites excluding steroid dienone is 2. The van der Waals surface area contributed by atoms with E-state index in [2.05, 4.69) is 69.0 Å². The van der Waals surface area contributed by atoms with Crippen LogP contribution in [0.25, 0.3) is 11.1 Å². The van der Waals surface area contributed by atoms with Gasteiger partial charge in [-0.2, -0.15) is 0 Å². The molecule has 3 aromatic carbocycles. The lowest BCUT2D eigenvalue weighted by atomic mass is 9.94. The van der Waals surface area contributed by atoms with Crippen molar-refractivity contribution in [1.82, 2.24) is 0 Å². The van der Waals surface area contributed by atoms with Gasteiger partial charge in [0.25, 0.3) is 0 Å². The first-order chi connectivity index (χ1) is 14.5. The smallest absolute Gasteiger partial charge is 0.338 e. The first-order valence-corrected chi connectivity index (χ1v) is 10.1. The van der Waals surface area contributed by atoms with Gasteiger partial charge in [-0.25, -0.2) is 4.79 Å². The van der Waals surface area contributed by atoms with Crippen molar-refractivity contribution in [2.45, 2.75) is 27.7 Å². The van der Waals surface area contributed by atoms with Crippen LogP contribution < -0.4 is 0 Å². The van der Waals surface area contributed by atoms with Gasteiger partial charge in [0.2, 0.25) is 0 Å². The van der Waals surface area contributed by atoms with Crippen molar-refractivity contribution in [3.05, 3.63) is 106 Å². The molecule has 0 saturated carbocycles. The fourth-order valence-electron chi connectivity index (χ4n) is 3.09. The van der Waals surface area contributed by atoms with Crippen molar-refractivity contribution in [2.75, 3.05) is 6.61 Å². The monoisotopic (exact) mass is 394 g/mol. The molecule has 0 aliphatic rings. The molecule has 2 heteroatoms. The maximum Gasteiger partial charge on any atom is 0.338 e. The van der Waals surface area contributed by atoms with Crippen LogP contribution >= 0.6 is 0 Å². The number of carbonyl (C=O) groups is 1. The molecule has 0 heterocycles. The second-order valence-electron chi connectivity index (χ2n) is 7.28. The molecule has 0 spiro atoms. The number of hydrogen-bond acceptors (Lipinski definition) is 2. The van der Waals surface area contributed by atoms with Gasteiger partial charge in [0.05, 0.1) is 12.2 Å². The lowest BCUT2D eigenvalue weighted by Crippen LogP contribution is -2.04. The Morgan fingerprint density at radius 3 is 1.83 bits per heavy atom. The summed E-state index contributed by atoms with van der Waals surface area (Å²) in [5.41, 5.74) is 8.10. The van der Waals surface area contributed by atoms with Crippen LogP contribution in [0.15, 0.2) is 72.8 Å². The summed E-state index contributed by atoms with van der Waals surface area (Å²) in [6.07, 6.45) is 0. The Labute approximate surface area is 179 Å². The summed E-state index contributed by atoms with van der Waals surface area (Å²) in [6.45, 7) is 8.38. The van der Waals surface area contributed by atoms with Crippen LogP contribution in [0.1, 0.15) is 52.0 Å². The number of rotatable bonds is 4. The summed E-state index contributed by atoms with van der Waals surface area (Å²) >= 11 is 0. The van der Waals surface area contributed by atoms with Gasteiger partial charge >= 0.3 is 5.97 Å². The second-order valence-corrected chi connectivity index (χ2v) is 7.28. The molecule has 0 radical (unpaired) electrons. The zero-order chi connectivity index (χ0) is 21.5. The third-order valence-electron chi connectivity index (χ3n) is 4.93. The van der Waals surface area contributed by atoms with Gasteiger partial charge in [-0.3, -0.25) is 0 Å². The average molecular weight is 395 g/mol. The van der Waals surface area contributed by atoms with Crippen molar-refractivity contribution in [1.29, 1.82) is 0 Å². The molecule has 0 aliphatic heterocycles. The van der Waals surface area contributed by atoms with E-state index in [1.165, 1.54) is 11.1 Å². The van der Waals surface area contributed by atoms with Crippen LogP contribution in [0.3, 0.4) is 0 Å². The number of aryl methyl sites for hydroxylation is 2. The summed E-state index contributed by atoms with van der Waals surface area (Å²) in [6, 6.07) is 24.1. The van der Waals surface area contributed by atoms with Gasteiger partial charge in [0, 0.05) is 11.1 Å². The average Bonchev–Trinajstić information content (AvgIpc) is 2.76. The van der Waals surface area contributed by atoms with Gasteiger partial charge in [0.1, 0.15) is 0 Å². The van der Waals surface area contributed by atoms with E-state index >= 15 is 0 Å². The molecular weight excluding hydrogens is 368 g/mol. The molecule has 0 bridgehead atoms. The van der Waals surface area contributed by atoms with Gasteiger partial charge in [-0.05, 0) is 68.7 Å². The maximum absolute atomic E-state index is 11.9. The van der Waals surface area contributed by atoms with Crippen LogP contribution in [-0.2, 0) is 4.74 Å². The molecule has 0 N–H and O–H groups in total. The van der Waals surface area contributed by atoms with E-state index in [1.54, 1.807) is 19.1 Å². The Morgan fingerprint density at radius 1 is 0.767 bits per heavy atom. The van der Waals surface area contributed by atoms with Crippen LogP contribution in [0.4, 0.5) is 0 Å². The first kappa shape index (κ1) is 21.1. The zero-order valence-electron chi connectivity index (χ0n) is 18.0. The van der Waals surface area contributed by atoms with Gasteiger partial charge in [-0.1, -0.05) is 71.5 Å². The molecule has 150 valence electrons. The van der Waals surface area contributed by atoms with E-state index in [0.717, 1.165) is 27.8 Å². The van der Waals surface area contributed by atoms with Gasteiger partial charge < -0.3 is 4.74 Å². The Balaban J connectivity index is 2.04. The van der Waals surface area contributed by atoms with E-state index in [4.69, 9.17) is 4.74 Å². The Hall–Kier alpha value is -3.57. The Morgan fingerprint density at radius 2 is 1.27 bits per heavy atom. The highest BCUT2D eigenvalue weighted by molar-refractivity contribution is 5.98. The lowest BCUT2D eigenvalue weighted by molar-refractivity contribution is 0.0526. The summed E-state index contributed by atoms with van der Waals surface area (Å²) in [4.78, 5) is 11.9. The van der Waals surface area contributed by atoms with Crippen molar-refractivity contribution in [3.8, 4) is 11.8 Å². The molecule has 0 amide bonds. The van der Waals surface area contributed by atoms with E-state index in [1.807, 2.05) is 24.3 Å². The highest BCUT2D eigenvalue weighted by Gasteiger charge is 2.09. The molecule has 3 rings (SSSR count). The van der Waals surface area contributed by atoms with E-state index in [9.17, 15) is 4.79 Å². The molecule has 0 aromatic heterocycles. The number of esters is 1. The molecular formula is C28H26O2. The fourth-order valence-corrected chi connectivity index (χ4v) is 3.09. The highest BCUT2D eigenvalue weighted by atomic mass is 16.5. The topological polar surface area (TPSA) is 26.3 Å². The molecule has 0 unspecified atom stereocenters. The van der Waals surface area contributed by atoms with Crippen molar-refractivity contribution < 1.29 is 9.53 Å². The largest absolute Gasteiger partial charge is 0.462 e. The minimum atomic E-state index is -0.302. The summed E-state index contributed by atoms with van der Waals surface area (Å²) in [5.74, 6) is 6.38. The Kier molecular flexibility index (Phi) is 6.88. The van der Waals surface area contributed by atoms with Gasteiger partial charge in [-0.15, -0.1) is 0 Å². The highest BCUT2D eigenvalue weighted by Crippen LogP contribution is 2.26. The van der Waals surface area contributed by atoms with E-state index < -0.39 is 0 Å². The van der Waals surface area contributed by atoms with Crippen molar-refractivity contribution in [3.63, 3.8) is 0 Å². The first-order valence-electron chi connectivity index (χ1n) is 10.1. The van der Waals surface area contributed by atoms with Crippen LogP contribution in [0.5, 0.6) is 0 Å². The summed E-state index contributed by atoms with van der Waals surface area (Å²) in [5, 5.41) is 0. The number of ether oxygens (including phenoxy) is 1. The van der Waals surface area contributed by atoms with Crippen LogP contribution in [0.2, 0.25) is 0 Å². The quantitative estimate of drug-likeness (QED) is 0.288. The van der Waals surface area contributed by atoms with Crippen LogP contribution in [-0.4, -0.2) is 12.6 Å². The molecule has 0 fully saturated rings. The van der Waals surface area contributed by atoms with Crippen molar-refractivity contribution in [2.24, 2.45) is 0 Å². The molecule has 0 atom stereocenters. The van der Waals surface area contributed by atoms with Crippen molar-refractivity contribution >= 4 is 17.1 Å². The summed E-state index contributed by atoms with van der Waals surface area (Å²) in [7, 11) is 0. The van der Waals surface area contributed by atoms with E-state index in [-0.39, 0.29) is 5.97 Å². The third-order valence-corrected chi connectivity index (χ3v) is 4.93. The normalized spacial score (nSPS) is 11.2. The predicted molar refractivity (Wildman–Crippen MR) is 124 cm³/mol. The predicted octanol–water partition coefficient (Wildman–Crippen LogP) is 6.46. The number of benzene rings is 3. The lowest BCUT2D eigenvalue weighted by Gasteiger charge is -2.09. The molecule has 0 aliphatic carbocycles. The number of hydrogen-bond donors (Lipinski definition) is 0. The molecule has 0 saturated heterocycles. The maximum atomic E-state index is 11.9. The standard InChI is InChI=1S/C28H26O2/c1-5-30-28(29)26-17-15-24(16-18-26)22(4)27(25-13-8-21(3)9-14-25)19-12-23-10-6-20(2)7-11-23/h6-11,13-18H,5H2,1-4H3/b27-22-. The molecule has 2 nitrogen and oxygen atoms in total. The van der Waals surface area contributed by atoms with Crippen LogP contribution in [0, 0.1) is 25.7 Å². The molecule has 3 aromatic rings. The second kappa shape index (κ2) is 9.76. The fraction of sp³-hybridized carbons (Fsp3) is 0.179. The zero-order valence-corrected chi connectivity index (χ0v) is 18.0. The minimum absolute atomic E-state index is 0.302. The van der Waals surface area contributed by atoms with Gasteiger partial charge in [0.15, 0.2) is 0 Å². The van der Waals surface area contributed by atoms with E-state index in [0.29, 0.717) is 12.2 Å². The third kappa shape index (κ3) is 5.27. The summed E-state index contributed by atoms with van der Waals surface area (Å²) < 4.78 is 5.08.